The molecule has 2 unspecified atom stereocenters. The van der Waals surface area contributed by atoms with Gasteiger partial charge in [-0.25, -0.2) is 0 Å². The molecule has 0 heterocycles. The lowest BCUT2D eigenvalue weighted by Crippen LogP contribution is -2.02. The van der Waals surface area contributed by atoms with Crippen LogP contribution in [-0.4, -0.2) is 5.78 Å². The molecule has 2 fully saturated rings. The molecule has 0 aliphatic heterocycles. The van der Waals surface area contributed by atoms with Gasteiger partial charge in [0, 0.05) is 12.3 Å². The van der Waals surface area contributed by atoms with Gasteiger partial charge in [-0.2, -0.15) is 0 Å². The van der Waals surface area contributed by atoms with E-state index in [9.17, 15) is 4.79 Å². The predicted octanol–water partition coefficient (Wildman–Crippen LogP) is 4.50. The molecule has 2 aliphatic rings. The molecule has 0 radical (unpaired) electrons. The molecule has 0 saturated heterocycles. The Morgan fingerprint density at radius 3 is 2.00 bits per heavy atom. The highest BCUT2D eigenvalue weighted by molar-refractivity contribution is 5.83. The quantitative estimate of drug-likeness (QED) is 0.590. The second-order valence-corrected chi connectivity index (χ2v) is 5.79. The maximum atomic E-state index is 11.8. The fourth-order valence-corrected chi connectivity index (χ4v) is 3.09. The lowest BCUT2D eigenvalue weighted by atomic mass is 10.0. The smallest absolute Gasteiger partial charge is 0.136 e. The third-order valence-corrected chi connectivity index (χ3v) is 4.33. The van der Waals surface area contributed by atoms with Crippen molar-refractivity contribution in [2.45, 2.75) is 77.0 Å². The summed E-state index contributed by atoms with van der Waals surface area (Å²) in [6.07, 6.45) is 15.6. The van der Waals surface area contributed by atoms with Crippen LogP contribution in [0.25, 0.3) is 0 Å². The van der Waals surface area contributed by atoms with Crippen LogP contribution in [0.2, 0.25) is 0 Å². The fraction of sp³-hybridized carbons (Fsp3) is 0.933. The van der Waals surface area contributed by atoms with Gasteiger partial charge >= 0.3 is 0 Å². The monoisotopic (exact) mass is 222 g/mol. The largest absolute Gasteiger partial charge is 0.299 e. The summed E-state index contributed by atoms with van der Waals surface area (Å²) in [5.41, 5.74) is 0. The van der Waals surface area contributed by atoms with Gasteiger partial charge in [-0.05, 0) is 25.2 Å². The summed E-state index contributed by atoms with van der Waals surface area (Å²) in [5, 5.41) is 0. The number of hydrogen-bond donors (Lipinski definition) is 0. The first-order valence-electron chi connectivity index (χ1n) is 7.40. The van der Waals surface area contributed by atoms with Crippen molar-refractivity contribution < 1.29 is 4.79 Å². The lowest BCUT2D eigenvalue weighted by Gasteiger charge is -2.05. The molecule has 0 aromatic carbocycles. The van der Waals surface area contributed by atoms with E-state index >= 15 is 0 Å². The Hall–Kier alpha value is -0.330. The molecule has 0 bridgehead atoms. The van der Waals surface area contributed by atoms with Crippen LogP contribution in [0.4, 0.5) is 0 Å². The molecule has 16 heavy (non-hydrogen) atoms. The molecule has 2 rings (SSSR count). The standard InChI is InChI=1S/C15H26O/c16-15-11-9-7-5-3-1-2-4-6-8-10-13-12-14(13)15/h13-14H,1-12H2. The number of rotatable bonds is 0. The third kappa shape index (κ3) is 3.92. The van der Waals surface area contributed by atoms with Gasteiger partial charge < -0.3 is 0 Å². The maximum Gasteiger partial charge on any atom is 0.136 e. The average molecular weight is 222 g/mol. The molecule has 2 saturated carbocycles. The van der Waals surface area contributed by atoms with Gasteiger partial charge in [0.15, 0.2) is 0 Å². The Morgan fingerprint density at radius 2 is 1.31 bits per heavy atom. The van der Waals surface area contributed by atoms with E-state index < -0.39 is 0 Å². The highest BCUT2D eigenvalue weighted by Gasteiger charge is 2.40. The molecule has 2 aliphatic carbocycles. The number of ketones is 1. The highest BCUT2D eigenvalue weighted by atomic mass is 16.1. The summed E-state index contributed by atoms with van der Waals surface area (Å²) >= 11 is 0. The summed E-state index contributed by atoms with van der Waals surface area (Å²) in [6.45, 7) is 0. The van der Waals surface area contributed by atoms with E-state index in [-0.39, 0.29) is 0 Å². The van der Waals surface area contributed by atoms with Gasteiger partial charge in [0.25, 0.3) is 0 Å². The zero-order valence-corrected chi connectivity index (χ0v) is 10.5. The van der Waals surface area contributed by atoms with Gasteiger partial charge in [0.1, 0.15) is 5.78 Å². The first-order valence-corrected chi connectivity index (χ1v) is 7.40. The molecule has 2 atom stereocenters. The maximum absolute atomic E-state index is 11.8. The van der Waals surface area contributed by atoms with E-state index in [1.54, 1.807) is 0 Å². The van der Waals surface area contributed by atoms with E-state index in [2.05, 4.69) is 0 Å². The molecule has 0 aromatic heterocycles. The Bertz CT molecular complexity index is 221. The van der Waals surface area contributed by atoms with Crippen molar-refractivity contribution >= 4 is 5.78 Å². The van der Waals surface area contributed by atoms with Gasteiger partial charge in [-0.1, -0.05) is 51.4 Å². The van der Waals surface area contributed by atoms with Gasteiger partial charge in [-0.15, -0.1) is 0 Å². The van der Waals surface area contributed by atoms with Crippen LogP contribution < -0.4 is 0 Å². The number of carbonyl (C=O) groups is 1. The minimum Gasteiger partial charge on any atom is -0.299 e. The van der Waals surface area contributed by atoms with Crippen LogP contribution in [0.1, 0.15) is 77.0 Å². The topological polar surface area (TPSA) is 17.1 Å². The normalized spacial score (nSPS) is 33.9. The molecule has 0 aromatic rings. The second-order valence-electron chi connectivity index (χ2n) is 5.79. The Balaban J connectivity index is 1.71. The van der Waals surface area contributed by atoms with Crippen molar-refractivity contribution in [2.75, 3.05) is 0 Å². The number of carbonyl (C=O) groups excluding carboxylic acids is 1. The van der Waals surface area contributed by atoms with Gasteiger partial charge in [0.05, 0.1) is 0 Å². The second kappa shape index (κ2) is 6.42. The Kier molecular flexibility index (Phi) is 4.87. The zero-order valence-electron chi connectivity index (χ0n) is 10.5. The van der Waals surface area contributed by atoms with E-state index in [0.717, 1.165) is 18.8 Å². The van der Waals surface area contributed by atoms with Crippen molar-refractivity contribution in [3.8, 4) is 0 Å². The van der Waals surface area contributed by atoms with Crippen LogP contribution in [0.3, 0.4) is 0 Å². The third-order valence-electron chi connectivity index (χ3n) is 4.33. The van der Waals surface area contributed by atoms with Crippen LogP contribution in [0.5, 0.6) is 0 Å². The van der Waals surface area contributed by atoms with E-state index in [4.69, 9.17) is 0 Å². The van der Waals surface area contributed by atoms with Gasteiger partial charge in [-0.3, -0.25) is 4.79 Å². The van der Waals surface area contributed by atoms with Crippen molar-refractivity contribution in [3.63, 3.8) is 0 Å². The average Bonchev–Trinajstić information content (AvgIpc) is 3.04. The molecule has 0 amide bonds. The minimum atomic E-state index is 0.489. The minimum absolute atomic E-state index is 0.489. The van der Waals surface area contributed by atoms with Crippen LogP contribution >= 0.6 is 0 Å². The summed E-state index contributed by atoms with van der Waals surface area (Å²) < 4.78 is 0. The van der Waals surface area contributed by atoms with Crippen molar-refractivity contribution in [1.29, 1.82) is 0 Å². The molecule has 0 N–H and O–H groups in total. The Morgan fingerprint density at radius 1 is 0.750 bits per heavy atom. The highest BCUT2D eigenvalue weighted by Crippen LogP contribution is 2.44. The molecule has 92 valence electrons. The van der Waals surface area contributed by atoms with Crippen LogP contribution in [0.15, 0.2) is 0 Å². The van der Waals surface area contributed by atoms with Crippen molar-refractivity contribution in [3.05, 3.63) is 0 Å². The number of fused-ring (bicyclic) bond motifs is 1. The Labute approximate surface area is 100.0 Å². The molecule has 0 spiro atoms. The molecular weight excluding hydrogens is 196 g/mol. The molecular formula is C15H26O. The molecule has 1 nitrogen and oxygen atoms in total. The predicted molar refractivity (Wildman–Crippen MR) is 67.4 cm³/mol. The van der Waals surface area contributed by atoms with Crippen molar-refractivity contribution in [2.24, 2.45) is 11.8 Å². The van der Waals surface area contributed by atoms with E-state index in [1.807, 2.05) is 0 Å². The van der Waals surface area contributed by atoms with Crippen LogP contribution in [-0.2, 0) is 4.79 Å². The van der Waals surface area contributed by atoms with Gasteiger partial charge in [0.2, 0.25) is 0 Å². The molecule has 1 heteroatoms. The van der Waals surface area contributed by atoms with E-state index in [1.165, 1.54) is 64.2 Å². The van der Waals surface area contributed by atoms with Crippen molar-refractivity contribution in [1.82, 2.24) is 0 Å². The fourth-order valence-electron chi connectivity index (χ4n) is 3.09. The summed E-state index contributed by atoms with van der Waals surface area (Å²) in [6, 6.07) is 0. The first kappa shape index (κ1) is 12.1. The summed E-state index contributed by atoms with van der Waals surface area (Å²) in [7, 11) is 0. The lowest BCUT2D eigenvalue weighted by molar-refractivity contribution is -0.120. The summed E-state index contributed by atoms with van der Waals surface area (Å²) in [4.78, 5) is 11.8. The SMILES string of the molecule is O=C1CCCCCCCCCCCC2CC12. The summed E-state index contributed by atoms with van der Waals surface area (Å²) in [5.74, 6) is 1.86. The van der Waals surface area contributed by atoms with E-state index in [0.29, 0.717) is 11.7 Å². The number of hydrogen-bond acceptors (Lipinski definition) is 1. The zero-order chi connectivity index (χ0) is 11.2. The van der Waals surface area contributed by atoms with Crippen LogP contribution in [0, 0.1) is 11.8 Å². The number of Topliss-reactive ketones (excluding diaryl/α,β-unsaturated/α-hetero) is 1. The first-order chi connectivity index (χ1) is 7.88.